The molecule has 1 aromatic heterocycles. The molecule has 0 bridgehead atoms. The van der Waals surface area contributed by atoms with Crippen molar-refractivity contribution in [3.05, 3.63) is 59.4 Å². The molecule has 0 fully saturated rings. The molecule has 1 heterocycles. The minimum atomic E-state index is 0.0514. The first-order valence-corrected chi connectivity index (χ1v) is 11.6. The summed E-state index contributed by atoms with van der Waals surface area (Å²) in [5.41, 5.74) is 7.25. The molecule has 170 valence electrons. The summed E-state index contributed by atoms with van der Waals surface area (Å²) in [6.07, 6.45) is 5.45. The van der Waals surface area contributed by atoms with Gasteiger partial charge in [0.1, 0.15) is 11.3 Å². The van der Waals surface area contributed by atoms with Gasteiger partial charge in [-0.2, -0.15) is 0 Å². The van der Waals surface area contributed by atoms with E-state index in [1.165, 1.54) is 11.1 Å². The number of carbonyl (C=O) groups excluding carboxylic acids is 1. The zero-order valence-corrected chi connectivity index (χ0v) is 20.2. The molecule has 0 unspecified atom stereocenters. The summed E-state index contributed by atoms with van der Waals surface area (Å²) in [6, 6.07) is 10.5. The Balaban J connectivity index is 2.10. The smallest absolute Gasteiger partial charge is 0.246 e. The summed E-state index contributed by atoms with van der Waals surface area (Å²) < 4.78 is 11.9. The first-order valence-electron chi connectivity index (χ1n) is 11.6. The first-order chi connectivity index (χ1) is 15.4. The Labute approximate surface area is 191 Å². The van der Waals surface area contributed by atoms with Gasteiger partial charge in [-0.3, -0.25) is 4.79 Å². The standard InChI is InChI=1S/C28H35NO3/c1-7-12-29(13-8-2)28(30)15-21(6)23-16-24-25(22-11-10-19(4)14-20(22)5)18-32-27(24)17-26(23)31-9-3/h10-11,14-18H,7-9,12-13H2,1-6H3/b21-15+. The van der Waals surface area contributed by atoms with Crippen LogP contribution in [0.25, 0.3) is 27.7 Å². The van der Waals surface area contributed by atoms with Crippen molar-refractivity contribution in [2.24, 2.45) is 0 Å². The molecule has 0 aliphatic rings. The highest BCUT2D eigenvalue weighted by molar-refractivity contribution is 6.00. The molecule has 32 heavy (non-hydrogen) atoms. The lowest BCUT2D eigenvalue weighted by Crippen LogP contribution is -2.31. The van der Waals surface area contributed by atoms with Gasteiger partial charge in [0.25, 0.3) is 0 Å². The molecule has 4 nitrogen and oxygen atoms in total. The Morgan fingerprint density at radius 1 is 1.03 bits per heavy atom. The van der Waals surface area contributed by atoms with Crippen molar-refractivity contribution in [3.8, 4) is 16.9 Å². The van der Waals surface area contributed by atoms with E-state index in [0.29, 0.717) is 6.61 Å². The van der Waals surface area contributed by atoms with E-state index in [1.807, 2.05) is 31.1 Å². The molecule has 3 rings (SSSR count). The number of hydrogen-bond donors (Lipinski definition) is 0. The number of rotatable bonds is 9. The number of allylic oxidation sites excluding steroid dienone is 1. The molecule has 0 spiro atoms. The number of benzene rings is 2. The van der Waals surface area contributed by atoms with Crippen LogP contribution in [-0.2, 0) is 4.79 Å². The van der Waals surface area contributed by atoms with Gasteiger partial charge in [0.2, 0.25) is 5.91 Å². The Morgan fingerprint density at radius 2 is 1.75 bits per heavy atom. The van der Waals surface area contributed by atoms with E-state index < -0.39 is 0 Å². The van der Waals surface area contributed by atoms with Crippen molar-refractivity contribution in [1.82, 2.24) is 4.90 Å². The van der Waals surface area contributed by atoms with Gasteiger partial charge in [-0.1, -0.05) is 37.6 Å². The van der Waals surface area contributed by atoms with Gasteiger partial charge in [0.15, 0.2) is 0 Å². The third-order valence-corrected chi connectivity index (χ3v) is 5.71. The summed E-state index contributed by atoms with van der Waals surface area (Å²) in [4.78, 5) is 14.9. The molecule has 1 amide bonds. The third-order valence-electron chi connectivity index (χ3n) is 5.71. The molecule has 4 heteroatoms. The predicted octanol–water partition coefficient (Wildman–Crippen LogP) is 7.17. The van der Waals surface area contributed by atoms with Crippen molar-refractivity contribution in [2.45, 2.75) is 54.4 Å². The molecular formula is C28H35NO3. The summed E-state index contributed by atoms with van der Waals surface area (Å²) in [6.45, 7) is 14.4. The zero-order chi connectivity index (χ0) is 23.3. The fourth-order valence-electron chi connectivity index (χ4n) is 4.19. The van der Waals surface area contributed by atoms with Crippen LogP contribution in [0.2, 0.25) is 0 Å². The van der Waals surface area contributed by atoms with E-state index in [1.54, 1.807) is 6.08 Å². The SMILES string of the molecule is CCCN(CCC)C(=O)/C=C(\C)c1cc2c(-c3ccc(C)cc3C)coc2cc1OCC. The number of nitrogens with zero attached hydrogens (tertiary/aromatic N) is 1. The van der Waals surface area contributed by atoms with Crippen molar-refractivity contribution < 1.29 is 13.9 Å². The van der Waals surface area contributed by atoms with Gasteiger partial charge >= 0.3 is 0 Å². The second-order valence-corrected chi connectivity index (χ2v) is 8.40. The molecule has 0 saturated heterocycles. The van der Waals surface area contributed by atoms with Crippen LogP contribution in [0.5, 0.6) is 5.75 Å². The largest absolute Gasteiger partial charge is 0.493 e. The van der Waals surface area contributed by atoms with Crippen LogP contribution >= 0.6 is 0 Å². The monoisotopic (exact) mass is 433 g/mol. The first kappa shape index (κ1) is 23.6. The highest BCUT2D eigenvalue weighted by Gasteiger charge is 2.17. The lowest BCUT2D eigenvalue weighted by molar-refractivity contribution is -0.126. The van der Waals surface area contributed by atoms with E-state index in [4.69, 9.17) is 9.15 Å². The zero-order valence-electron chi connectivity index (χ0n) is 20.2. The van der Waals surface area contributed by atoms with E-state index >= 15 is 0 Å². The summed E-state index contributed by atoms with van der Waals surface area (Å²) in [5.74, 6) is 0.788. The summed E-state index contributed by atoms with van der Waals surface area (Å²) in [5, 5.41) is 1.02. The van der Waals surface area contributed by atoms with Crippen LogP contribution in [0.1, 0.15) is 57.2 Å². The van der Waals surface area contributed by atoms with Gasteiger partial charge in [-0.15, -0.1) is 0 Å². The molecule has 0 N–H and O–H groups in total. The van der Waals surface area contributed by atoms with Gasteiger partial charge < -0.3 is 14.1 Å². The van der Waals surface area contributed by atoms with Crippen LogP contribution < -0.4 is 4.74 Å². The predicted molar refractivity (Wildman–Crippen MR) is 133 cm³/mol. The Morgan fingerprint density at radius 3 is 2.38 bits per heavy atom. The highest BCUT2D eigenvalue weighted by Crippen LogP contribution is 2.38. The second kappa shape index (κ2) is 10.5. The molecule has 0 saturated carbocycles. The molecule has 3 aromatic rings. The van der Waals surface area contributed by atoms with Gasteiger partial charge in [0.05, 0.1) is 12.9 Å². The lowest BCUT2D eigenvalue weighted by Gasteiger charge is -2.20. The van der Waals surface area contributed by atoms with E-state index in [0.717, 1.165) is 64.9 Å². The minimum absolute atomic E-state index is 0.0514. The normalized spacial score (nSPS) is 11.8. The Hall–Kier alpha value is -3.01. The lowest BCUT2D eigenvalue weighted by atomic mass is 9.96. The average molecular weight is 434 g/mol. The minimum Gasteiger partial charge on any atom is -0.493 e. The Kier molecular flexibility index (Phi) is 7.79. The van der Waals surface area contributed by atoms with Gasteiger partial charge in [-0.25, -0.2) is 0 Å². The van der Waals surface area contributed by atoms with E-state index in [9.17, 15) is 4.79 Å². The molecule has 0 aliphatic heterocycles. The van der Waals surface area contributed by atoms with Crippen molar-refractivity contribution in [3.63, 3.8) is 0 Å². The van der Waals surface area contributed by atoms with E-state index in [2.05, 4.69) is 52.0 Å². The fraction of sp³-hybridized carbons (Fsp3) is 0.393. The number of amides is 1. The number of furan rings is 1. The average Bonchev–Trinajstić information content (AvgIpc) is 3.15. The number of hydrogen-bond acceptors (Lipinski definition) is 3. The van der Waals surface area contributed by atoms with Gasteiger partial charge in [0, 0.05) is 41.7 Å². The van der Waals surface area contributed by atoms with Crippen LogP contribution in [0.4, 0.5) is 0 Å². The molecular weight excluding hydrogens is 398 g/mol. The van der Waals surface area contributed by atoms with Gasteiger partial charge in [-0.05, 0) is 63.3 Å². The fourth-order valence-corrected chi connectivity index (χ4v) is 4.19. The maximum absolute atomic E-state index is 12.9. The van der Waals surface area contributed by atoms with Crippen LogP contribution in [0.3, 0.4) is 0 Å². The number of fused-ring (bicyclic) bond motifs is 1. The van der Waals surface area contributed by atoms with Crippen molar-refractivity contribution in [2.75, 3.05) is 19.7 Å². The molecule has 0 aliphatic carbocycles. The number of ether oxygens (including phenoxy) is 1. The molecule has 0 radical (unpaired) electrons. The second-order valence-electron chi connectivity index (χ2n) is 8.40. The molecule has 0 atom stereocenters. The van der Waals surface area contributed by atoms with E-state index in [-0.39, 0.29) is 5.91 Å². The summed E-state index contributed by atoms with van der Waals surface area (Å²) in [7, 11) is 0. The highest BCUT2D eigenvalue weighted by atomic mass is 16.5. The third kappa shape index (κ3) is 5.07. The Bertz CT molecular complexity index is 1120. The topological polar surface area (TPSA) is 42.7 Å². The number of aryl methyl sites for hydroxylation is 2. The number of carbonyl (C=O) groups is 1. The van der Waals surface area contributed by atoms with Crippen LogP contribution in [0, 0.1) is 13.8 Å². The van der Waals surface area contributed by atoms with Crippen molar-refractivity contribution in [1.29, 1.82) is 0 Å². The summed E-state index contributed by atoms with van der Waals surface area (Å²) >= 11 is 0. The maximum atomic E-state index is 12.9. The quantitative estimate of drug-likeness (QED) is 0.336. The van der Waals surface area contributed by atoms with Crippen LogP contribution in [0.15, 0.2) is 47.1 Å². The van der Waals surface area contributed by atoms with Crippen molar-refractivity contribution >= 4 is 22.4 Å². The molecule has 2 aromatic carbocycles. The van der Waals surface area contributed by atoms with Crippen LogP contribution in [-0.4, -0.2) is 30.5 Å². The maximum Gasteiger partial charge on any atom is 0.246 e.